The van der Waals surface area contributed by atoms with Crippen LogP contribution in [0.3, 0.4) is 0 Å². The van der Waals surface area contributed by atoms with Crippen molar-refractivity contribution in [3.63, 3.8) is 0 Å². The first-order valence-electron chi connectivity index (χ1n) is 9.96. The fourth-order valence-corrected chi connectivity index (χ4v) is 4.77. The molecular formula is C22H29N4OS+. The summed E-state index contributed by atoms with van der Waals surface area (Å²) in [4.78, 5) is 16.2. The molecule has 28 heavy (non-hydrogen) atoms. The second kappa shape index (κ2) is 8.15. The van der Waals surface area contributed by atoms with Crippen LogP contribution in [-0.4, -0.2) is 43.3 Å². The summed E-state index contributed by atoms with van der Waals surface area (Å²) < 4.78 is 5.50. The van der Waals surface area contributed by atoms with Gasteiger partial charge in [0, 0.05) is 18.5 Å². The summed E-state index contributed by atoms with van der Waals surface area (Å²) in [5, 5.41) is 1.21. The van der Waals surface area contributed by atoms with Gasteiger partial charge in [-0.05, 0) is 31.9 Å². The molecule has 2 aromatic heterocycles. The van der Waals surface area contributed by atoms with E-state index < -0.39 is 0 Å². The molecule has 0 bridgehead atoms. The topological polar surface area (TPSA) is 42.7 Å². The van der Waals surface area contributed by atoms with E-state index in [9.17, 15) is 0 Å². The van der Waals surface area contributed by atoms with Crippen molar-refractivity contribution in [1.82, 2.24) is 9.97 Å². The highest BCUT2D eigenvalue weighted by Gasteiger charge is 2.21. The van der Waals surface area contributed by atoms with E-state index in [4.69, 9.17) is 14.7 Å². The van der Waals surface area contributed by atoms with Crippen LogP contribution in [0.4, 0.5) is 5.82 Å². The highest BCUT2D eigenvalue weighted by Crippen LogP contribution is 2.35. The van der Waals surface area contributed by atoms with Crippen molar-refractivity contribution in [2.24, 2.45) is 0 Å². The molecular weight excluding hydrogens is 368 g/mol. The van der Waals surface area contributed by atoms with Crippen LogP contribution >= 0.6 is 11.3 Å². The molecule has 1 aliphatic rings. The third kappa shape index (κ3) is 4.04. The van der Waals surface area contributed by atoms with E-state index in [0.29, 0.717) is 0 Å². The van der Waals surface area contributed by atoms with Gasteiger partial charge in [0.2, 0.25) is 0 Å². The average Bonchev–Trinajstić information content (AvgIpc) is 2.97. The lowest BCUT2D eigenvalue weighted by Gasteiger charge is -2.24. The Hall–Kier alpha value is -2.02. The molecule has 1 fully saturated rings. The van der Waals surface area contributed by atoms with Crippen LogP contribution in [-0.2, 0) is 17.8 Å². The van der Waals surface area contributed by atoms with Crippen LogP contribution in [0.15, 0.2) is 24.3 Å². The molecule has 0 spiro atoms. The van der Waals surface area contributed by atoms with Gasteiger partial charge in [-0.3, -0.25) is 0 Å². The van der Waals surface area contributed by atoms with Crippen molar-refractivity contribution in [3.8, 4) is 0 Å². The number of aromatic nitrogens is 2. The molecule has 3 heterocycles. The van der Waals surface area contributed by atoms with Crippen molar-refractivity contribution in [2.75, 3.05) is 38.3 Å². The van der Waals surface area contributed by atoms with Gasteiger partial charge in [-0.15, -0.1) is 11.3 Å². The van der Waals surface area contributed by atoms with Crippen molar-refractivity contribution >= 4 is 27.4 Å². The lowest BCUT2D eigenvalue weighted by molar-refractivity contribution is -0.922. The third-order valence-electron chi connectivity index (χ3n) is 5.57. The number of benzene rings is 1. The molecule has 148 valence electrons. The van der Waals surface area contributed by atoms with Crippen LogP contribution in [0.5, 0.6) is 0 Å². The number of nitrogens with zero attached hydrogens (tertiary/aromatic N) is 3. The number of anilines is 1. The number of fused-ring (bicyclic) bond motifs is 1. The maximum Gasteiger partial charge on any atom is 0.187 e. The van der Waals surface area contributed by atoms with E-state index in [1.54, 1.807) is 11.3 Å². The number of hydrogen-bond acceptors (Lipinski definition) is 5. The van der Waals surface area contributed by atoms with Crippen molar-refractivity contribution in [2.45, 2.75) is 33.9 Å². The predicted molar refractivity (Wildman–Crippen MR) is 115 cm³/mol. The van der Waals surface area contributed by atoms with Gasteiger partial charge in [0.1, 0.15) is 30.3 Å². The summed E-state index contributed by atoms with van der Waals surface area (Å²) in [5.41, 5.74) is 3.89. The van der Waals surface area contributed by atoms with Gasteiger partial charge in [0.05, 0.1) is 18.6 Å². The van der Waals surface area contributed by atoms with Crippen LogP contribution in [0.25, 0.3) is 10.2 Å². The Labute approximate surface area is 171 Å². The highest BCUT2D eigenvalue weighted by atomic mass is 32.1. The summed E-state index contributed by atoms with van der Waals surface area (Å²) >= 11 is 1.78. The molecule has 1 saturated heterocycles. The van der Waals surface area contributed by atoms with Crippen LogP contribution in [0.2, 0.25) is 0 Å². The summed E-state index contributed by atoms with van der Waals surface area (Å²) in [6, 6.07) is 8.75. The van der Waals surface area contributed by atoms with E-state index >= 15 is 0 Å². The molecule has 0 amide bonds. The lowest BCUT2D eigenvalue weighted by atomic mass is 10.1. The number of quaternary nitrogens is 1. The Kier molecular flexibility index (Phi) is 5.62. The normalized spacial score (nSPS) is 15.3. The molecule has 3 aromatic rings. The van der Waals surface area contributed by atoms with E-state index in [1.165, 1.54) is 31.9 Å². The first-order valence-corrected chi connectivity index (χ1v) is 10.8. The Bertz CT molecular complexity index is 961. The third-order valence-corrected chi connectivity index (χ3v) is 6.67. The van der Waals surface area contributed by atoms with Gasteiger partial charge >= 0.3 is 0 Å². The smallest absolute Gasteiger partial charge is 0.187 e. The van der Waals surface area contributed by atoms with Crippen molar-refractivity contribution < 1.29 is 9.64 Å². The number of nitrogens with one attached hydrogen (secondary N) is 1. The molecule has 0 radical (unpaired) electrons. The van der Waals surface area contributed by atoms with E-state index in [-0.39, 0.29) is 0 Å². The number of morpholine rings is 1. The minimum atomic E-state index is 0.828. The zero-order chi connectivity index (χ0) is 19.7. The molecule has 0 aliphatic carbocycles. The zero-order valence-electron chi connectivity index (χ0n) is 17.2. The molecule has 0 unspecified atom stereocenters. The molecule has 4 rings (SSSR count). The molecule has 1 N–H and O–H groups in total. The second-order valence-electron chi connectivity index (χ2n) is 7.81. The monoisotopic (exact) mass is 397 g/mol. The maximum atomic E-state index is 5.50. The number of aryl methyl sites for hydroxylation is 3. The summed E-state index contributed by atoms with van der Waals surface area (Å²) in [6.07, 6.45) is 0. The maximum absolute atomic E-state index is 5.50. The van der Waals surface area contributed by atoms with Crippen LogP contribution in [0, 0.1) is 20.8 Å². The van der Waals surface area contributed by atoms with Gasteiger partial charge in [-0.1, -0.05) is 29.8 Å². The molecule has 1 aromatic carbocycles. The molecule has 6 heteroatoms. The first-order chi connectivity index (χ1) is 13.5. The molecule has 5 nitrogen and oxygen atoms in total. The lowest BCUT2D eigenvalue weighted by Crippen LogP contribution is -3.12. The zero-order valence-corrected chi connectivity index (χ0v) is 18.0. The van der Waals surface area contributed by atoms with Gasteiger partial charge in [-0.2, -0.15) is 0 Å². The first kappa shape index (κ1) is 19.3. The fourth-order valence-electron chi connectivity index (χ4n) is 3.73. The Morgan fingerprint density at radius 3 is 2.50 bits per heavy atom. The Morgan fingerprint density at radius 2 is 1.79 bits per heavy atom. The van der Waals surface area contributed by atoms with E-state index in [2.05, 4.69) is 57.0 Å². The van der Waals surface area contributed by atoms with Crippen molar-refractivity contribution in [3.05, 3.63) is 51.7 Å². The number of ether oxygens (including phenoxy) is 1. The summed E-state index contributed by atoms with van der Waals surface area (Å²) in [5.74, 6) is 1.99. The largest absolute Gasteiger partial charge is 0.370 e. The van der Waals surface area contributed by atoms with Gasteiger partial charge < -0.3 is 14.5 Å². The van der Waals surface area contributed by atoms with Gasteiger partial charge in [-0.25, -0.2) is 9.97 Å². The highest BCUT2D eigenvalue weighted by molar-refractivity contribution is 7.18. The minimum Gasteiger partial charge on any atom is -0.370 e. The molecule has 0 atom stereocenters. The van der Waals surface area contributed by atoms with E-state index in [0.717, 1.165) is 55.9 Å². The number of hydrogen-bond donors (Lipinski definition) is 1. The second-order valence-corrected chi connectivity index (χ2v) is 9.01. The van der Waals surface area contributed by atoms with Crippen LogP contribution in [0.1, 0.15) is 27.4 Å². The number of thiophene rings is 1. The summed E-state index contributed by atoms with van der Waals surface area (Å²) in [7, 11) is 2.14. The van der Waals surface area contributed by atoms with Gasteiger partial charge in [0.15, 0.2) is 5.82 Å². The molecule has 0 saturated carbocycles. The fraction of sp³-hybridized carbons (Fsp3) is 0.455. The van der Waals surface area contributed by atoms with Gasteiger partial charge in [0.25, 0.3) is 0 Å². The quantitative estimate of drug-likeness (QED) is 0.719. The Balaban J connectivity index is 1.68. The van der Waals surface area contributed by atoms with Crippen LogP contribution < -0.4 is 9.80 Å². The standard InChI is InChI=1S/C22H28N4OS/c1-15-5-7-18(8-6-15)13-25(4)21-20-16(2)17(3)28-22(20)24-19(23-21)14-26-9-11-27-12-10-26/h5-8H,9-14H2,1-4H3/p+1. The SMILES string of the molecule is Cc1ccc(CN(C)c2nc(C[NH+]3CCOCC3)nc3sc(C)c(C)c23)cc1. The minimum absolute atomic E-state index is 0.828. The number of rotatable bonds is 5. The average molecular weight is 398 g/mol. The van der Waals surface area contributed by atoms with Crippen molar-refractivity contribution in [1.29, 1.82) is 0 Å². The van der Waals surface area contributed by atoms with E-state index in [1.807, 2.05) is 0 Å². The predicted octanol–water partition coefficient (Wildman–Crippen LogP) is 2.67. The summed E-state index contributed by atoms with van der Waals surface area (Å²) in [6.45, 7) is 11.9. The molecule has 1 aliphatic heterocycles. The Morgan fingerprint density at radius 1 is 1.07 bits per heavy atom.